The molecule has 1 aromatic rings. The van der Waals surface area contributed by atoms with E-state index in [9.17, 15) is 18.5 Å². The zero-order valence-electron chi connectivity index (χ0n) is 11.7. The van der Waals surface area contributed by atoms with E-state index in [1.807, 2.05) is 6.92 Å². The standard InChI is InChI=1S/C12H16ClNO6S/c1-3-4-19-5-6-20-12-9(2)7-10(14(15)16)8-11(12)21(13,17)18/h7-8H,3-6H2,1-2H3. The van der Waals surface area contributed by atoms with Gasteiger partial charge >= 0.3 is 0 Å². The van der Waals surface area contributed by atoms with Gasteiger partial charge in [-0.1, -0.05) is 6.92 Å². The van der Waals surface area contributed by atoms with Gasteiger partial charge in [0.05, 0.1) is 11.5 Å². The average Bonchev–Trinajstić information content (AvgIpc) is 2.38. The van der Waals surface area contributed by atoms with Crippen molar-refractivity contribution in [2.24, 2.45) is 0 Å². The van der Waals surface area contributed by atoms with Gasteiger partial charge in [-0.3, -0.25) is 10.1 Å². The summed E-state index contributed by atoms with van der Waals surface area (Å²) in [5.74, 6) is 0.00991. The predicted octanol–water partition coefficient (Wildman–Crippen LogP) is 2.64. The molecule has 0 spiro atoms. The lowest BCUT2D eigenvalue weighted by Gasteiger charge is -2.12. The summed E-state index contributed by atoms with van der Waals surface area (Å²) in [5.41, 5.74) is -0.0415. The lowest BCUT2D eigenvalue weighted by atomic mass is 10.2. The summed E-state index contributed by atoms with van der Waals surface area (Å²) in [7, 11) is 1.16. The third kappa shape index (κ3) is 5.14. The van der Waals surface area contributed by atoms with Gasteiger partial charge < -0.3 is 9.47 Å². The SMILES string of the molecule is CCCOCCOc1c(C)cc([N+](=O)[O-])cc1S(=O)(=O)Cl. The molecular formula is C12H16ClNO6S. The smallest absolute Gasteiger partial charge is 0.271 e. The van der Waals surface area contributed by atoms with Gasteiger partial charge in [0, 0.05) is 29.4 Å². The van der Waals surface area contributed by atoms with Crippen LogP contribution in [0.5, 0.6) is 5.75 Å². The summed E-state index contributed by atoms with van der Waals surface area (Å²) in [5, 5.41) is 10.8. The molecule has 0 unspecified atom stereocenters. The van der Waals surface area contributed by atoms with Crippen LogP contribution in [0, 0.1) is 17.0 Å². The monoisotopic (exact) mass is 337 g/mol. The van der Waals surface area contributed by atoms with Crippen molar-refractivity contribution in [2.75, 3.05) is 19.8 Å². The van der Waals surface area contributed by atoms with Crippen molar-refractivity contribution in [3.8, 4) is 5.75 Å². The topological polar surface area (TPSA) is 95.7 Å². The van der Waals surface area contributed by atoms with Gasteiger partial charge in [0.15, 0.2) is 0 Å². The van der Waals surface area contributed by atoms with Crippen LogP contribution < -0.4 is 4.74 Å². The summed E-state index contributed by atoms with van der Waals surface area (Å²) < 4.78 is 33.7. The molecule has 118 valence electrons. The van der Waals surface area contributed by atoms with E-state index in [0.29, 0.717) is 12.2 Å². The summed E-state index contributed by atoms with van der Waals surface area (Å²) in [4.78, 5) is 9.68. The number of aryl methyl sites for hydroxylation is 1. The number of halogens is 1. The van der Waals surface area contributed by atoms with E-state index in [-0.39, 0.29) is 24.7 Å². The van der Waals surface area contributed by atoms with E-state index in [0.717, 1.165) is 12.5 Å². The van der Waals surface area contributed by atoms with Crippen molar-refractivity contribution in [1.82, 2.24) is 0 Å². The Morgan fingerprint density at radius 3 is 2.48 bits per heavy atom. The minimum Gasteiger partial charge on any atom is -0.489 e. The molecule has 0 fully saturated rings. The van der Waals surface area contributed by atoms with E-state index in [1.165, 1.54) is 13.0 Å². The second kappa shape index (κ2) is 7.58. The highest BCUT2D eigenvalue weighted by molar-refractivity contribution is 8.13. The Morgan fingerprint density at radius 2 is 1.95 bits per heavy atom. The number of rotatable bonds is 8. The number of benzene rings is 1. The molecule has 0 amide bonds. The molecule has 7 nitrogen and oxygen atoms in total. The molecular weight excluding hydrogens is 322 g/mol. The van der Waals surface area contributed by atoms with Gasteiger partial charge in [-0.05, 0) is 18.9 Å². The first kappa shape index (κ1) is 17.7. The fourth-order valence-corrected chi connectivity index (χ4v) is 2.69. The Bertz CT molecular complexity index is 616. The number of hydrogen-bond donors (Lipinski definition) is 0. The van der Waals surface area contributed by atoms with Gasteiger partial charge in [0.1, 0.15) is 17.3 Å². The number of nitro groups is 1. The maximum Gasteiger partial charge on any atom is 0.271 e. The second-order valence-electron chi connectivity index (χ2n) is 4.25. The largest absolute Gasteiger partial charge is 0.489 e. The Hall–Kier alpha value is -1.38. The van der Waals surface area contributed by atoms with Crippen molar-refractivity contribution in [3.05, 3.63) is 27.8 Å². The predicted molar refractivity (Wildman–Crippen MR) is 77.5 cm³/mol. The molecule has 0 aliphatic heterocycles. The lowest BCUT2D eigenvalue weighted by Crippen LogP contribution is -2.10. The van der Waals surface area contributed by atoms with Crippen molar-refractivity contribution in [3.63, 3.8) is 0 Å². The highest BCUT2D eigenvalue weighted by Crippen LogP contribution is 2.34. The zero-order chi connectivity index (χ0) is 16.0. The molecule has 0 heterocycles. The Balaban J connectivity index is 3.04. The van der Waals surface area contributed by atoms with Gasteiger partial charge in [0.25, 0.3) is 14.7 Å². The number of ether oxygens (including phenoxy) is 2. The van der Waals surface area contributed by atoms with Crippen molar-refractivity contribution >= 4 is 25.4 Å². The minimum atomic E-state index is -4.16. The van der Waals surface area contributed by atoms with Gasteiger partial charge in [-0.25, -0.2) is 8.42 Å². The molecule has 9 heteroatoms. The minimum absolute atomic E-state index is 0.00991. The third-order valence-corrected chi connectivity index (χ3v) is 3.85. The Kier molecular flexibility index (Phi) is 6.38. The van der Waals surface area contributed by atoms with Crippen molar-refractivity contribution in [1.29, 1.82) is 0 Å². The van der Waals surface area contributed by atoms with Crippen LogP contribution in [-0.4, -0.2) is 33.2 Å². The summed E-state index contributed by atoms with van der Waals surface area (Å²) in [6, 6.07) is 2.12. The molecule has 0 saturated heterocycles. The molecule has 21 heavy (non-hydrogen) atoms. The molecule has 0 aliphatic carbocycles. The maximum atomic E-state index is 11.5. The van der Waals surface area contributed by atoms with Crippen LogP contribution in [0.3, 0.4) is 0 Å². The summed E-state index contributed by atoms with van der Waals surface area (Å²) >= 11 is 0. The van der Waals surface area contributed by atoms with Crippen molar-refractivity contribution < 1.29 is 22.8 Å². The molecule has 1 rings (SSSR count). The van der Waals surface area contributed by atoms with E-state index >= 15 is 0 Å². The first-order chi connectivity index (χ1) is 9.77. The lowest BCUT2D eigenvalue weighted by molar-refractivity contribution is -0.385. The average molecular weight is 338 g/mol. The highest BCUT2D eigenvalue weighted by atomic mass is 35.7. The van der Waals surface area contributed by atoms with Gasteiger partial charge in [0.2, 0.25) is 0 Å². The van der Waals surface area contributed by atoms with Crippen LogP contribution in [0.1, 0.15) is 18.9 Å². The Morgan fingerprint density at radius 1 is 1.29 bits per heavy atom. The fraction of sp³-hybridized carbons (Fsp3) is 0.500. The number of nitro benzene ring substituents is 1. The number of non-ortho nitro benzene ring substituents is 1. The second-order valence-corrected chi connectivity index (χ2v) is 6.78. The third-order valence-electron chi connectivity index (χ3n) is 2.52. The first-order valence-corrected chi connectivity index (χ1v) is 8.52. The molecule has 0 aromatic heterocycles. The van der Waals surface area contributed by atoms with Crippen LogP contribution in [-0.2, 0) is 13.8 Å². The Labute approximate surface area is 127 Å². The fourth-order valence-electron chi connectivity index (χ4n) is 1.64. The van der Waals surface area contributed by atoms with Gasteiger partial charge in [-0.15, -0.1) is 0 Å². The van der Waals surface area contributed by atoms with E-state index in [2.05, 4.69) is 0 Å². The molecule has 0 atom stereocenters. The quantitative estimate of drug-likeness (QED) is 0.313. The van der Waals surface area contributed by atoms with E-state index in [4.69, 9.17) is 20.2 Å². The van der Waals surface area contributed by atoms with Crippen molar-refractivity contribution in [2.45, 2.75) is 25.2 Å². The number of nitrogens with zero attached hydrogens (tertiary/aromatic N) is 1. The molecule has 0 bridgehead atoms. The number of hydrogen-bond acceptors (Lipinski definition) is 6. The normalized spacial score (nSPS) is 11.4. The van der Waals surface area contributed by atoms with Crippen LogP contribution in [0.15, 0.2) is 17.0 Å². The highest BCUT2D eigenvalue weighted by Gasteiger charge is 2.23. The summed E-state index contributed by atoms with van der Waals surface area (Å²) in [6.07, 6.45) is 0.859. The molecule has 1 aromatic carbocycles. The van der Waals surface area contributed by atoms with Gasteiger partial charge in [-0.2, -0.15) is 0 Å². The van der Waals surface area contributed by atoms with E-state index < -0.39 is 18.9 Å². The molecule has 0 N–H and O–H groups in total. The summed E-state index contributed by atoms with van der Waals surface area (Å²) in [6.45, 7) is 4.45. The van der Waals surface area contributed by atoms with Crippen LogP contribution in [0.4, 0.5) is 5.69 Å². The maximum absolute atomic E-state index is 11.5. The van der Waals surface area contributed by atoms with Crippen LogP contribution >= 0.6 is 10.7 Å². The van der Waals surface area contributed by atoms with Crippen LogP contribution in [0.2, 0.25) is 0 Å². The molecule has 0 radical (unpaired) electrons. The first-order valence-electron chi connectivity index (χ1n) is 6.21. The zero-order valence-corrected chi connectivity index (χ0v) is 13.2. The molecule has 0 saturated carbocycles. The van der Waals surface area contributed by atoms with E-state index in [1.54, 1.807) is 0 Å². The molecule has 0 aliphatic rings. The van der Waals surface area contributed by atoms with Crippen LogP contribution in [0.25, 0.3) is 0 Å².